The molecule has 1 aliphatic heterocycles. The number of aliphatic carboxylic acids is 2. The molecule has 6 N–H and O–H groups in total. The summed E-state index contributed by atoms with van der Waals surface area (Å²) in [6.45, 7) is 8.61. The lowest BCUT2D eigenvalue weighted by Gasteiger charge is -2.40. The topological polar surface area (TPSA) is 211 Å². The van der Waals surface area contributed by atoms with Crippen molar-refractivity contribution in [3.63, 3.8) is 0 Å². The average molecular weight is 458 g/mol. The summed E-state index contributed by atoms with van der Waals surface area (Å²) in [6, 6.07) is -1.90. The summed E-state index contributed by atoms with van der Waals surface area (Å²) in [5.41, 5.74) is 5.53. The van der Waals surface area contributed by atoms with E-state index in [2.05, 4.69) is 0 Å². The number of nitrogens with two attached hydrogens (primary N) is 2. The van der Waals surface area contributed by atoms with Gasteiger partial charge in [0, 0.05) is 5.54 Å². The highest BCUT2D eigenvalue weighted by molar-refractivity contribution is 6.14. The Hall–Kier alpha value is -3.38. The third kappa shape index (κ3) is 4.92. The third-order valence-corrected chi connectivity index (χ3v) is 4.97. The van der Waals surface area contributed by atoms with Crippen molar-refractivity contribution in [3.05, 3.63) is 0 Å². The number of nitrogens with zero attached hydrogens (tertiary/aromatic N) is 2. The van der Waals surface area contributed by atoms with Crippen LogP contribution in [0.1, 0.15) is 48.0 Å². The SMILES string of the molecule is CC(C)(C)OC(=O)N(CC(=O)N1[C@H](C(=O)O)CC(C(N)=O)[C@@]1(C(N)=O)C(=O)O)C(C)(C)C. The molecule has 0 aliphatic carbocycles. The molecule has 13 heteroatoms. The minimum atomic E-state index is -3.04. The Balaban J connectivity index is 3.60. The molecule has 0 radical (unpaired) electrons. The molecule has 180 valence electrons. The minimum Gasteiger partial charge on any atom is -0.480 e. The van der Waals surface area contributed by atoms with E-state index in [0.717, 1.165) is 4.90 Å². The number of primary amides is 2. The second-order valence-corrected chi connectivity index (χ2v) is 9.48. The van der Waals surface area contributed by atoms with Gasteiger partial charge in [-0.05, 0) is 48.0 Å². The van der Waals surface area contributed by atoms with Gasteiger partial charge in [-0.15, -0.1) is 0 Å². The Bertz CT molecular complexity index is 827. The number of likely N-dealkylation sites (tertiary alicyclic amines) is 1. The van der Waals surface area contributed by atoms with Gasteiger partial charge in [0.25, 0.3) is 5.91 Å². The quantitative estimate of drug-likeness (QED) is 0.363. The molecule has 0 aromatic heterocycles. The zero-order chi connectivity index (χ0) is 25.4. The number of carbonyl (C=O) groups is 6. The van der Waals surface area contributed by atoms with E-state index in [-0.39, 0.29) is 4.90 Å². The number of carboxylic acids is 2. The molecule has 1 rings (SSSR count). The normalized spacial score (nSPS) is 23.4. The van der Waals surface area contributed by atoms with E-state index in [4.69, 9.17) is 16.2 Å². The lowest BCUT2D eigenvalue weighted by atomic mass is 9.83. The molecule has 4 amide bonds. The first kappa shape index (κ1) is 26.7. The predicted octanol–water partition coefficient (Wildman–Crippen LogP) is -0.882. The van der Waals surface area contributed by atoms with Crippen molar-refractivity contribution in [2.24, 2.45) is 17.4 Å². The van der Waals surface area contributed by atoms with Gasteiger partial charge in [-0.25, -0.2) is 14.4 Å². The highest BCUT2D eigenvalue weighted by atomic mass is 16.6. The zero-order valence-corrected chi connectivity index (χ0v) is 18.9. The van der Waals surface area contributed by atoms with Gasteiger partial charge in [0.1, 0.15) is 18.2 Å². The van der Waals surface area contributed by atoms with Crippen LogP contribution in [-0.2, 0) is 28.7 Å². The summed E-state index contributed by atoms with van der Waals surface area (Å²) in [7, 11) is 0. The van der Waals surface area contributed by atoms with Crippen LogP contribution in [0.2, 0.25) is 0 Å². The molecule has 1 aliphatic rings. The molecule has 1 saturated heterocycles. The van der Waals surface area contributed by atoms with E-state index in [1.54, 1.807) is 41.5 Å². The second kappa shape index (κ2) is 8.63. The van der Waals surface area contributed by atoms with Crippen LogP contribution < -0.4 is 11.5 Å². The van der Waals surface area contributed by atoms with Gasteiger partial charge < -0.3 is 31.3 Å². The lowest BCUT2D eigenvalue weighted by molar-refractivity contribution is -0.170. The summed E-state index contributed by atoms with van der Waals surface area (Å²) < 4.78 is 5.29. The van der Waals surface area contributed by atoms with Crippen molar-refractivity contribution in [1.82, 2.24) is 9.80 Å². The molecular formula is C19H30N4O9. The number of ether oxygens (including phenoxy) is 1. The van der Waals surface area contributed by atoms with Crippen molar-refractivity contribution in [3.8, 4) is 0 Å². The molecule has 0 spiro atoms. The Kier molecular flexibility index (Phi) is 7.19. The summed E-state index contributed by atoms with van der Waals surface area (Å²) in [6.07, 6.45) is -1.68. The van der Waals surface area contributed by atoms with Crippen molar-refractivity contribution >= 4 is 35.8 Å². The largest absolute Gasteiger partial charge is 0.480 e. The molecule has 3 atom stereocenters. The molecule has 0 saturated carbocycles. The molecule has 32 heavy (non-hydrogen) atoms. The summed E-state index contributed by atoms with van der Waals surface area (Å²) >= 11 is 0. The Labute approximate surface area is 184 Å². The van der Waals surface area contributed by atoms with E-state index in [1.807, 2.05) is 0 Å². The maximum absolute atomic E-state index is 13.3. The van der Waals surface area contributed by atoms with E-state index in [0.29, 0.717) is 0 Å². The molecule has 1 heterocycles. The maximum Gasteiger partial charge on any atom is 0.411 e. The predicted molar refractivity (Wildman–Crippen MR) is 108 cm³/mol. The third-order valence-electron chi connectivity index (χ3n) is 4.97. The second-order valence-electron chi connectivity index (χ2n) is 9.48. The fourth-order valence-corrected chi connectivity index (χ4v) is 3.57. The summed E-state index contributed by atoms with van der Waals surface area (Å²) in [5, 5.41) is 19.4. The standard InChI is InChI=1S/C19H30N4O9/c1-17(2,3)22(16(31)32-18(4,5)6)8-11(24)23-10(13(26)27)7-9(12(20)25)19(23,14(21)28)15(29)30/h9-10H,7-8H2,1-6H3,(H2,20,25)(H2,21,28)(H,26,27)(H,29,30)/t9?,10-,19+/m0/s1. The highest BCUT2D eigenvalue weighted by Crippen LogP contribution is 2.40. The van der Waals surface area contributed by atoms with Gasteiger partial charge >= 0.3 is 18.0 Å². The van der Waals surface area contributed by atoms with Gasteiger partial charge in [-0.2, -0.15) is 0 Å². The first-order valence-electron chi connectivity index (χ1n) is 9.66. The van der Waals surface area contributed by atoms with E-state index >= 15 is 0 Å². The maximum atomic E-state index is 13.3. The van der Waals surface area contributed by atoms with Crippen molar-refractivity contribution in [1.29, 1.82) is 0 Å². The first-order chi connectivity index (χ1) is 14.3. The first-order valence-corrected chi connectivity index (χ1v) is 9.66. The van der Waals surface area contributed by atoms with Gasteiger partial charge in [0.2, 0.25) is 17.4 Å². The number of hydrogen-bond donors (Lipinski definition) is 4. The van der Waals surface area contributed by atoms with E-state index in [1.165, 1.54) is 0 Å². The number of amides is 4. The van der Waals surface area contributed by atoms with Crippen LogP contribution >= 0.6 is 0 Å². The Morgan fingerprint density at radius 3 is 1.84 bits per heavy atom. The zero-order valence-electron chi connectivity index (χ0n) is 18.9. The fraction of sp³-hybridized carbons (Fsp3) is 0.684. The lowest BCUT2D eigenvalue weighted by Crippen LogP contribution is -2.69. The number of carboxylic acid groups (broad SMARTS) is 2. The molecule has 0 aromatic rings. The van der Waals surface area contributed by atoms with E-state index in [9.17, 15) is 39.0 Å². The van der Waals surface area contributed by atoms with E-state index < -0.39 is 77.4 Å². The van der Waals surface area contributed by atoms with Crippen LogP contribution in [0.3, 0.4) is 0 Å². The van der Waals surface area contributed by atoms with Crippen LogP contribution in [0.15, 0.2) is 0 Å². The minimum absolute atomic E-state index is 0.235. The molecule has 0 aromatic carbocycles. The van der Waals surface area contributed by atoms with Crippen molar-refractivity contribution in [2.45, 2.75) is 70.7 Å². The number of rotatable bonds is 6. The van der Waals surface area contributed by atoms with Crippen LogP contribution in [0.25, 0.3) is 0 Å². The number of carbonyl (C=O) groups excluding carboxylic acids is 4. The van der Waals surface area contributed by atoms with Crippen LogP contribution in [0.4, 0.5) is 4.79 Å². The smallest absolute Gasteiger partial charge is 0.411 e. The average Bonchev–Trinajstić information content (AvgIpc) is 2.94. The molecule has 1 unspecified atom stereocenters. The monoisotopic (exact) mass is 458 g/mol. The van der Waals surface area contributed by atoms with Crippen molar-refractivity contribution in [2.75, 3.05) is 6.54 Å². The summed E-state index contributed by atoms with van der Waals surface area (Å²) in [5.74, 6) is -9.76. The molecule has 0 bridgehead atoms. The van der Waals surface area contributed by atoms with Gasteiger partial charge in [0.05, 0.1) is 5.92 Å². The molecular weight excluding hydrogens is 428 g/mol. The van der Waals surface area contributed by atoms with Crippen LogP contribution in [0, 0.1) is 5.92 Å². The van der Waals surface area contributed by atoms with Crippen LogP contribution in [0.5, 0.6) is 0 Å². The Morgan fingerprint density at radius 2 is 1.53 bits per heavy atom. The number of hydrogen-bond acceptors (Lipinski definition) is 7. The highest BCUT2D eigenvalue weighted by Gasteiger charge is 2.68. The molecule has 13 nitrogen and oxygen atoms in total. The Morgan fingerprint density at radius 1 is 1.03 bits per heavy atom. The van der Waals surface area contributed by atoms with Gasteiger partial charge in [0.15, 0.2) is 0 Å². The fourth-order valence-electron chi connectivity index (χ4n) is 3.57. The summed E-state index contributed by atoms with van der Waals surface area (Å²) in [4.78, 5) is 75.4. The van der Waals surface area contributed by atoms with Crippen LogP contribution in [-0.4, -0.2) is 85.0 Å². The molecule has 1 fully saturated rings. The van der Waals surface area contributed by atoms with Gasteiger partial charge in [-0.1, -0.05) is 0 Å². The van der Waals surface area contributed by atoms with Gasteiger partial charge in [-0.3, -0.25) is 19.3 Å². The van der Waals surface area contributed by atoms with Crippen molar-refractivity contribution < 1.29 is 43.7 Å².